The zero-order chi connectivity index (χ0) is 26.3. The molecule has 4 heterocycles. The molecule has 10 nitrogen and oxygen atoms in total. The normalized spacial score (nSPS) is 12.7. The predicted octanol–water partition coefficient (Wildman–Crippen LogP) is 4.22. The van der Waals surface area contributed by atoms with E-state index in [1.807, 2.05) is 6.92 Å². The molecule has 5 rings (SSSR count). The number of hydrogen-bond acceptors (Lipinski definition) is 8. The summed E-state index contributed by atoms with van der Waals surface area (Å²) in [7, 11) is 1.21. The second kappa shape index (κ2) is 9.11. The van der Waals surface area contributed by atoms with Gasteiger partial charge in [-0.15, -0.1) is 5.10 Å². The molecule has 0 bridgehead atoms. The molecule has 0 amide bonds. The molecule has 1 atom stereocenters. The zero-order valence-corrected chi connectivity index (χ0v) is 19.5. The Labute approximate surface area is 206 Å². The average molecular weight is 513 g/mol. The predicted molar refractivity (Wildman–Crippen MR) is 124 cm³/mol. The average Bonchev–Trinajstić information content (AvgIpc) is 3.51. The molecule has 0 aliphatic heterocycles. The van der Waals surface area contributed by atoms with E-state index < -0.39 is 23.9 Å². The van der Waals surface area contributed by atoms with Crippen LogP contribution in [0, 0.1) is 5.82 Å². The van der Waals surface area contributed by atoms with Gasteiger partial charge in [0.05, 0.1) is 30.3 Å². The van der Waals surface area contributed by atoms with Crippen molar-refractivity contribution in [2.45, 2.75) is 25.6 Å². The van der Waals surface area contributed by atoms with Crippen molar-refractivity contribution in [2.75, 3.05) is 12.8 Å². The molecule has 0 saturated carbocycles. The first kappa shape index (κ1) is 24.1. The van der Waals surface area contributed by atoms with Crippen LogP contribution in [0.15, 0.2) is 49.2 Å². The number of para-hydroxylation sites is 1. The molecule has 1 unspecified atom stereocenters. The standard InChI is InChI=1S/C23H19F4N9O/c1-3-16(15-10-36(34-33-15)17-7-5-4-6-14(17)24)35-9-13(18-19(28)30-11-31-20(18)35)12-8-29-22(23(25,26)27)32-21(12)37-2/h4-11,16H,3H2,1-2H3,(H2,28,30,31). The molecule has 4 aromatic heterocycles. The summed E-state index contributed by atoms with van der Waals surface area (Å²) in [6.45, 7) is 1.91. The van der Waals surface area contributed by atoms with Crippen LogP contribution in [0.4, 0.5) is 23.4 Å². The molecule has 0 aliphatic carbocycles. The van der Waals surface area contributed by atoms with Crippen LogP contribution in [0.5, 0.6) is 5.88 Å². The van der Waals surface area contributed by atoms with E-state index in [1.54, 1.807) is 35.2 Å². The molecule has 0 aliphatic rings. The number of fused-ring (bicyclic) bond motifs is 1. The molecule has 0 spiro atoms. The highest BCUT2D eigenvalue weighted by molar-refractivity contribution is 6.01. The molecule has 14 heteroatoms. The van der Waals surface area contributed by atoms with E-state index in [1.165, 1.54) is 24.2 Å². The highest BCUT2D eigenvalue weighted by atomic mass is 19.4. The number of methoxy groups -OCH3 is 1. The first-order valence-electron chi connectivity index (χ1n) is 11.0. The van der Waals surface area contributed by atoms with E-state index in [9.17, 15) is 17.6 Å². The van der Waals surface area contributed by atoms with Gasteiger partial charge in [0, 0.05) is 18.0 Å². The first-order chi connectivity index (χ1) is 17.7. The molecule has 0 saturated heterocycles. The molecular weight excluding hydrogens is 494 g/mol. The number of alkyl halides is 3. The second-order valence-corrected chi connectivity index (χ2v) is 7.99. The Morgan fingerprint density at radius 2 is 1.86 bits per heavy atom. The number of ether oxygens (including phenoxy) is 1. The van der Waals surface area contributed by atoms with Crippen molar-refractivity contribution in [1.82, 2.24) is 39.5 Å². The lowest BCUT2D eigenvalue weighted by Crippen LogP contribution is -2.12. The Hall–Kier alpha value is -4.62. The molecule has 190 valence electrons. The number of nitrogens with two attached hydrogens (primary N) is 1. The van der Waals surface area contributed by atoms with Crippen LogP contribution >= 0.6 is 0 Å². The van der Waals surface area contributed by atoms with Crippen molar-refractivity contribution in [2.24, 2.45) is 0 Å². The topological polar surface area (TPSA) is 122 Å². The fraction of sp³-hybridized carbons (Fsp3) is 0.217. The van der Waals surface area contributed by atoms with Crippen LogP contribution < -0.4 is 10.5 Å². The summed E-state index contributed by atoms with van der Waals surface area (Å²) in [4.78, 5) is 15.4. The van der Waals surface area contributed by atoms with Crippen LogP contribution in [0.2, 0.25) is 0 Å². The minimum Gasteiger partial charge on any atom is -0.480 e. The molecule has 37 heavy (non-hydrogen) atoms. The lowest BCUT2D eigenvalue weighted by atomic mass is 10.1. The van der Waals surface area contributed by atoms with Gasteiger partial charge in [-0.25, -0.2) is 24.0 Å². The summed E-state index contributed by atoms with van der Waals surface area (Å²) in [5.41, 5.74) is 7.85. The van der Waals surface area contributed by atoms with Crippen LogP contribution in [-0.4, -0.2) is 46.6 Å². The van der Waals surface area contributed by atoms with Crippen molar-refractivity contribution in [3.05, 3.63) is 66.5 Å². The Bertz CT molecular complexity index is 1600. The van der Waals surface area contributed by atoms with Crippen LogP contribution in [-0.2, 0) is 6.18 Å². The van der Waals surface area contributed by atoms with E-state index in [-0.39, 0.29) is 22.9 Å². The van der Waals surface area contributed by atoms with Crippen LogP contribution in [0.3, 0.4) is 0 Å². The lowest BCUT2D eigenvalue weighted by Gasteiger charge is -2.15. The molecule has 0 radical (unpaired) electrons. The van der Waals surface area contributed by atoms with Gasteiger partial charge in [0.25, 0.3) is 0 Å². The third-order valence-electron chi connectivity index (χ3n) is 5.80. The van der Waals surface area contributed by atoms with Crippen molar-refractivity contribution in [3.8, 4) is 22.7 Å². The number of benzene rings is 1. The number of nitrogen functional groups attached to an aromatic ring is 1. The Morgan fingerprint density at radius 1 is 1.08 bits per heavy atom. The smallest absolute Gasteiger partial charge is 0.451 e. The van der Waals surface area contributed by atoms with Crippen molar-refractivity contribution in [1.29, 1.82) is 0 Å². The molecule has 0 fully saturated rings. The van der Waals surface area contributed by atoms with Crippen LogP contribution in [0.1, 0.15) is 30.9 Å². The van der Waals surface area contributed by atoms with Gasteiger partial charge < -0.3 is 15.0 Å². The lowest BCUT2D eigenvalue weighted by molar-refractivity contribution is -0.145. The van der Waals surface area contributed by atoms with E-state index in [0.29, 0.717) is 28.7 Å². The van der Waals surface area contributed by atoms with Crippen molar-refractivity contribution in [3.63, 3.8) is 0 Å². The van der Waals surface area contributed by atoms with Gasteiger partial charge in [0.1, 0.15) is 35.0 Å². The number of nitrogens with zero attached hydrogens (tertiary/aromatic N) is 8. The summed E-state index contributed by atoms with van der Waals surface area (Å²) in [6.07, 6.45) is 1.32. The highest BCUT2D eigenvalue weighted by Crippen LogP contribution is 2.40. The zero-order valence-electron chi connectivity index (χ0n) is 19.5. The summed E-state index contributed by atoms with van der Waals surface area (Å²) in [5.74, 6) is -1.98. The first-order valence-corrected chi connectivity index (χ1v) is 11.0. The fourth-order valence-corrected chi connectivity index (χ4v) is 4.13. The number of halogens is 4. The number of anilines is 1. The monoisotopic (exact) mass is 513 g/mol. The van der Waals surface area contributed by atoms with Gasteiger partial charge >= 0.3 is 6.18 Å². The number of aromatic nitrogens is 8. The molecule has 5 aromatic rings. The molecular formula is C23H19F4N9O. The van der Waals surface area contributed by atoms with E-state index in [2.05, 4.69) is 30.2 Å². The summed E-state index contributed by atoms with van der Waals surface area (Å²) in [6, 6.07) is 5.71. The Kier molecular flexibility index (Phi) is 5.93. The minimum atomic E-state index is -4.75. The summed E-state index contributed by atoms with van der Waals surface area (Å²) in [5, 5.41) is 8.69. The maximum Gasteiger partial charge on any atom is 0.451 e. The van der Waals surface area contributed by atoms with Gasteiger partial charge in [-0.3, -0.25) is 0 Å². The minimum absolute atomic E-state index is 0.102. The highest BCUT2D eigenvalue weighted by Gasteiger charge is 2.36. The SMILES string of the molecule is CCC(c1cn(-c2ccccc2F)nn1)n1cc(-c2cnc(C(F)(F)F)nc2OC)c2c(N)ncnc21. The van der Waals surface area contributed by atoms with Gasteiger partial charge in [0.15, 0.2) is 0 Å². The Balaban J connectivity index is 1.66. The quantitative estimate of drug-likeness (QED) is 0.335. The Morgan fingerprint density at radius 3 is 2.57 bits per heavy atom. The largest absolute Gasteiger partial charge is 0.480 e. The van der Waals surface area contributed by atoms with E-state index in [0.717, 1.165) is 6.20 Å². The number of rotatable bonds is 6. The van der Waals surface area contributed by atoms with E-state index in [4.69, 9.17) is 10.5 Å². The van der Waals surface area contributed by atoms with Crippen molar-refractivity contribution >= 4 is 16.9 Å². The molecule has 2 N–H and O–H groups in total. The maximum absolute atomic E-state index is 14.3. The molecule has 1 aromatic carbocycles. The van der Waals surface area contributed by atoms with Gasteiger partial charge in [0.2, 0.25) is 11.7 Å². The van der Waals surface area contributed by atoms with Crippen molar-refractivity contribution < 1.29 is 22.3 Å². The van der Waals surface area contributed by atoms with Gasteiger partial charge in [-0.2, -0.15) is 18.2 Å². The van der Waals surface area contributed by atoms with Gasteiger partial charge in [-0.1, -0.05) is 24.3 Å². The number of hydrogen-bond donors (Lipinski definition) is 1. The third kappa shape index (κ3) is 4.19. The van der Waals surface area contributed by atoms with Crippen LogP contribution in [0.25, 0.3) is 27.8 Å². The van der Waals surface area contributed by atoms with E-state index >= 15 is 0 Å². The van der Waals surface area contributed by atoms with Gasteiger partial charge in [-0.05, 0) is 18.6 Å². The second-order valence-electron chi connectivity index (χ2n) is 7.99. The summed E-state index contributed by atoms with van der Waals surface area (Å²) >= 11 is 0. The fourth-order valence-electron chi connectivity index (χ4n) is 4.13. The summed E-state index contributed by atoms with van der Waals surface area (Å²) < 4.78 is 62.1. The maximum atomic E-state index is 14.3. The third-order valence-corrected chi connectivity index (χ3v) is 5.80.